The predicted molar refractivity (Wildman–Crippen MR) is 61.1 cm³/mol. The number of H-pyrrole nitrogens is 1. The van der Waals surface area contributed by atoms with Crippen molar-refractivity contribution in [1.29, 1.82) is 0 Å². The van der Waals surface area contributed by atoms with Gasteiger partial charge in [0.1, 0.15) is 4.64 Å². The van der Waals surface area contributed by atoms with Crippen LogP contribution < -0.4 is 0 Å². The van der Waals surface area contributed by atoms with Crippen LogP contribution in [0.5, 0.6) is 0 Å². The molecule has 1 saturated heterocycles. The summed E-state index contributed by atoms with van der Waals surface area (Å²) >= 11 is 5.05. The number of aryl methyl sites for hydroxylation is 1. The molecule has 2 rings (SSSR count). The Balaban J connectivity index is 2.36. The summed E-state index contributed by atoms with van der Waals surface area (Å²) in [4.78, 5) is 15.8. The Labute approximate surface area is 94.1 Å². The first-order chi connectivity index (χ1) is 7.22. The van der Waals surface area contributed by atoms with Gasteiger partial charge in [0, 0.05) is 12.7 Å². The summed E-state index contributed by atoms with van der Waals surface area (Å²) in [5.74, 6) is 0. The number of pyridine rings is 1. The van der Waals surface area contributed by atoms with Gasteiger partial charge in [0.15, 0.2) is 0 Å². The van der Waals surface area contributed by atoms with E-state index >= 15 is 0 Å². The van der Waals surface area contributed by atoms with Crippen LogP contribution in [0.15, 0.2) is 12.3 Å². The zero-order valence-corrected chi connectivity index (χ0v) is 9.51. The second-order valence-corrected chi connectivity index (χ2v) is 4.38. The molecule has 15 heavy (non-hydrogen) atoms. The fourth-order valence-corrected chi connectivity index (χ4v) is 2.43. The molecule has 1 amide bonds. The molecule has 1 aliphatic heterocycles. The van der Waals surface area contributed by atoms with E-state index in [1.807, 2.05) is 24.1 Å². The van der Waals surface area contributed by atoms with Gasteiger partial charge < -0.3 is 9.88 Å². The number of hydrogen-bond donors (Lipinski definition) is 1. The molecule has 0 radical (unpaired) electrons. The van der Waals surface area contributed by atoms with Crippen molar-refractivity contribution in [3.8, 4) is 0 Å². The van der Waals surface area contributed by atoms with Crippen LogP contribution in [0.4, 0.5) is 0 Å². The maximum atomic E-state index is 10.9. The van der Waals surface area contributed by atoms with Crippen LogP contribution in [0, 0.1) is 11.6 Å². The van der Waals surface area contributed by atoms with Crippen LogP contribution in [0.2, 0.25) is 0 Å². The lowest BCUT2D eigenvalue weighted by Crippen LogP contribution is -2.21. The number of nitrogens with one attached hydrogen (secondary N) is 1. The van der Waals surface area contributed by atoms with Crippen LogP contribution in [0.3, 0.4) is 0 Å². The summed E-state index contributed by atoms with van der Waals surface area (Å²) < 4.78 is 0.742. The highest BCUT2D eigenvalue weighted by Gasteiger charge is 2.25. The smallest absolute Gasteiger partial charge is 0.210 e. The maximum Gasteiger partial charge on any atom is 0.210 e. The normalized spacial score (nSPS) is 20.6. The first-order valence-electron chi connectivity index (χ1n) is 5.12. The lowest BCUT2D eigenvalue weighted by Gasteiger charge is -2.21. The molecule has 1 unspecified atom stereocenters. The van der Waals surface area contributed by atoms with Crippen molar-refractivity contribution < 1.29 is 4.79 Å². The van der Waals surface area contributed by atoms with E-state index in [1.165, 1.54) is 5.56 Å². The van der Waals surface area contributed by atoms with Crippen molar-refractivity contribution in [3.63, 3.8) is 0 Å². The van der Waals surface area contributed by atoms with Crippen molar-refractivity contribution in [3.05, 3.63) is 28.0 Å². The molecule has 80 valence electrons. The van der Waals surface area contributed by atoms with Crippen LogP contribution in [0.1, 0.15) is 30.0 Å². The second-order valence-electron chi connectivity index (χ2n) is 3.94. The molecule has 0 aliphatic carbocycles. The van der Waals surface area contributed by atoms with Crippen molar-refractivity contribution in [2.75, 3.05) is 6.54 Å². The van der Waals surface area contributed by atoms with E-state index in [9.17, 15) is 4.79 Å². The van der Waals surface area contributed by atoms with Crippen molar-refractivity contribution in [2.45, 2.75) is 25.8 Å². The maximum absolute atomic E-state index is 10.9. The molecule has 3 nitrogen and oxygen atoms in total. The van der Waals surface area contributed by atoms with Crippen LogP contribution in [0.25, 0.3) is 0 Å². The zero-order chi connectivity index (χ0) is 10.8. The Morgan fingerprint density at radius 1 is 1.67 bits per heavy atom. The summed E-state index contributed by atoms with van der Waals surface area (Å²) in [6, 6.07) is 2.18. The summed E-state index contributed by atoms with van der Waals surface area (Å²) in [6.45, 7) is 2.91. The van der Waals surface area contributed by atoms with Gasteiger partial charge in [0.25, 0.3) is 0 Å². The van der Waals surface area contributed by atoms with E-state index in [1.54, 1.807) is 0 Å². The third-order valence-electron chi connectivity index (χ3n) is 2.96. The number of aromatic nitrogens is 1. The molecular formula is C11H14N2OS. The molecule has 1 aromatic heterocycles. The van der Waals surface area contributed by atoms with Crippen molar-refractivity contribution in [1.82, 2.24) is 9.88 Å². The Hall–Kier alpha value is -1.16. The van der Waals surface area contributed by atoms with Crippen LogP contribution in [-0.2, 0) is 4.79 Å². The molecule has 1 atom stereocenters. The Morgan fingerprint density at radius 2 is 2.47 bits per heavy atom. The highest BCUT2D eigenvalue weighted by atomic mass is 32.1. The number of hydrogen-bond acceptors (Lipinski definition) is 2. The van der Waals surface area contributed by atoms with E-state index in [0.717, 1.165) is 36.0 Å². The summed E-state index contributed by atoms with van der Waals surface area (Å²) in [6.07, 6.45) is 5.01. The van der Waals surface area contributed by atoms with E-state index in [0.29, 0.717) is 0 Å². The van der Waals surface area contributed by atoms with Crippen LogP contribution >= 0.6 is 12.2 Å². The number of likely N-dealkylation sites (tertiary alicyclic amines) is 1. The Bertz CT molecular complexity index is 427. The van der Waals surface area contributed by atoms with Crippen molar-refractivity contribution >= 4 is 18.6 Å². The molecule has 1 N–H and O–H groups in total. The highest BCUT2D eigenvalue weighted by molar-refractivity contribution is 7.71. The number of amides is 1. The number of nitrogens with zero attached hydrogens (tertiary/aromatic N) is 1. The molecule has 0 aromatic carbocycles. The van der Waals surface area contributed by atoms with Gasteiger partial charge in [-0.3, -0.25) is 4.79 Å². The minimum absolute atomic E-state index is 0.231. The van der Waals surface area contributed by atoms with Gasteiger partial charge in [-0.15, -0.1) is 0 Å². The average molecular weight is 222 g/mol. The fraction of sp³-hybridized carbons (Fsp3) is 0.455. The lowest BCUT2D eigenvalue weighted by molar-refractivity contribution is -0.118. The van der Waals surface area contributed by atoms with Gasteiger partial charge in [0.2, 0.25) is 6.41 Å². The van der Waals surface area contributed by atoms with Gasteiger partial charge in [-0.05, 0) is 37.0 Å². The van der Waals surface area contributed by atoms with Gasteiger partial charge in [0.05, 0.1) is 6.04 Å². The molecule has 1 aromatic rings. The molecule has 0 saturated carbocycles. The summed E-state index contributed by atoms with van der Waals surface area (Å²) in [5, 5.41) is 0. The summed E-state index contributed by atoms with van der Waals surface area (Å²) in [7, 11) is 0. The van der Waals surface area contributed by atoms with Gasteiger partial charge in [-0.25, -0.2) is 0 Å². The van der Waals surface area contributed by atoms with Crippen molar-refractivity contribution in [2.24, 2.45) is 0 Å². The van der Waals surface area contributed by atoms with E-state index in [4.69, 9.17) is 12.2 Å². The quantitative estimate of drug-likeness (QED) is 0.616. The molecule has 0 bridgehead atoms. The molecule has 2 heterocycles. The highest BCUT2D eigenvalue weighted by Crippen LogP contribution is 2.31. The third-order valence-corrected chi connectivity index (χ3v) is 3.20. The first kappa shape index (κ1) is 10.4. The summed E-state index contributed by atoms with van der Waals surface area (Å²) in [5.41, 5.74) is 2.35. The topological polar surface area (TPSA) is 36.1 Å². The van der Waals surface area contributed by atoms with Crippen LogP contribution in [-0.4, -0.2) is 22.8 Å². The molecule has 1 aliphatic rings. The molecule has 0 spiro atoms. The lowest BCUT2D eigenvalue weighted by atomic mass is 10.0. The number of rotatable bonds is 2. The van der Waals surface area contributed by atoms with Gasteiger partial charge >= 0.3 is 0 Å². The third kappa shape index (κ3) is 1.95. The SMILES string of the molecule is Cc1cc(=S)[nH]cc1C1CCCN1C=O. The predicted octanol–water partition coefficient (Wildman–Crippen LogP) is 2.35. The van der Waals surface area contributed by atoms with Gasteiger partial charge in [-0.2, -0.15) is 0 Å². The first-order valence-corrected chi connectivity index (χ1v) is 5.53. The Kier molecular flexibility index (Phi) is 2.86. The van der Waals surface area contributed by atoms with E-state index < -0.39 is 0 Å². The zero-order valence-electron chi connectivity index (χ0n) is 8.69. The Morgan fingerprint density at radius 3 is 3.13 bits per heavy atom. The largest absolute Gasteiger partial charge is 0.353 e. The minimum Gasteiger partial charge on any atom is -0.353 e. The second kappa shape index (κ2) is 4.14. The molecular weight excluding hydrogens is 208 g/mol. The van der Waals surface area contributed by atoms with E-state index in [2.05, 4.69) is 4.98 Å². The van der Waals surface area contributed by atoms with E-state index in [-0.39, 0.29) is 6.04 Å². The standard InChI is InChI=1S/C11H14N2OS/c1-8-5-11(15)12-6-9(8)10-3-2-4-13(10)7-14/h5-7,10H,2-4H2,1H3,(H,12,15). The number of carbonyl (C=O) groups excluding carboxylic acids is 1. The fourth-order valence-electron chi connectivity index (χ4n) is 2.19. The number of carbonyl (C=O) groups is 1. The monoisotopic (exact) mass is 222 g/mol. The minimum atomic E-state index is 0.231. The number of aromatic amines is 1. The molecule has 4 heteroatoms. The molecule has 1 fully saturated rings. The average Bonchev–Trinajstić information content (AvgIpc) is 2.65. The van der Waals surface area contributed by atoms with Gasteiger partial charge in [-0.1, -0.05) is 12.2 Å².